The Morgan fingerprint density at radius 3 is 1.73 bits per heavy atom. The number of aromatic amines is 1. The molecule has 1 rings (SSSR count). The Balaban J connectivity index is 3.33. The van der Waals surface area contributed by atoms with Gasteiger partial charge in [-0.25, -0.2) is 0 Å². The van der Waals surface area contributed by atoms with Crippen LogP contribution < -0.4 is 0 Å². The molecule has 0 fully saturated rings. The van der Waals surface area contributed by atoms with E-state index in [0.29, 0.717) is 6.07 Å². The predicted molar refractivity (Wildman–Crippen MR) is 36.8 cm³/mol. The highest BCUT2D eigenvalue weighted by atomic mass is 19.4. The van der Waals surface area contributed by atoms with Crippen molar-refractivity contribution in [3.63, 3.8) is 0 Å². The van der Waals surface area contributed by atoms with Crippen LogP contribution in [-0.4, -0.2) is 22.4 Å². The van der Waals surface area contributed by atoms with Crippen LogP contribution >= 0.6 is 0 Å². The van der Waals surface area contributed by atoms with E-state index in [-0.39, 0.29) is 0 Å². The van der Waals surface area contributed by atoms with Gasteiger partial charge in [0.05, 0.1) is 5.69 Å². The van der Waals surface area contributed by atoms with Crippen LogP contribution in [0.5, 0.6) is 0 Å². The summed E-state index contributed by atoms with van der Waals surface area (Å²) in [5.74, 6) is 0. The summed E-state index contributed by atoms with van der Waals surface area (Å²) < 4.78 is 73.0. The van der Waals surface area contributed by atoms with Gasteiger partial charge in [-0.1, -0.05) is 0 Å². The van der Waals surface area contributed by atoms with Crippen molar-refractivity contribution in [3.05, 3.63) is 24.0 Å². The molecule has 1 aromatic heterocycles. The summed E-state index contributed by atoms with van der Waals surface area (Å²) in [5, 5.41) is 8.76. The lowest BCUT2D eigenvalue weighted by molar-refractivity contribution is -0.377. The number of aromatic nitrogens is 1. The maximum absolute atomic E-state index is 12.2. The molecule has 0 saturated carbocycles. The third kappa shape index (κ3) is 1.69. The average Bonchev–Trinajstić information content (AvgIpc) is 2.49. The van der Waals surface area contributed by atoms with Crippen LogP contribution in [0.3, 0.4) is 0 Å². The minimum absolute atomic E-state index is 0.515. The first-order chi connectivity index (χ1) is 6.61. The van der Waals surface area contributed by atoms with Gasteiger partial charge < -0.3 is 10.1 Å². The lowest BCUT2D eigenvalue weighted by Crippen LogP contribution is -2.54. The summed E-state index contributed by atoms with van der Waals surface area (Å²) in [5.41, 5.74) is -6.22. The third-order valence-electron chi connectivity index (χ3n) is 1.81. The molecule has 0 bridgehead atoms. The Labute approximate surface area is 79.5 Å². The average molecular weight is 233 g/mol. The molecule has 0 amide bonds. The number of hydrogen-bond acceptors (Lipinski definition) is 1. The van der Waals surface area contributed by atoms with Gasteiger partial charge in [0.15, 0.2) is 0 Å². The van der Waals surface area contributed by atoms with Crippen molar-refractivity contribution in [2.75, 3.05) is 0 Å². The van der Waals surface area contributed by atoms with Crippen LogP contribution in [-0.2, 0) is 5.60 Å². The van der Waals surface area contributed by atoms with Crippen molar-refractivity contribution in [2.24, 2.45) is 0 Å². The molecule has 0 aliphatic heterocycles. The van der Waals surface area contributed by atoms with Gasteiger partial charge in [-0.2, -0.15) is 26.3 Å². The SMILES string of the molecule is OC(c1ccc[nH]1)(C(F)(F)F)C(F)(F)F. The summed E-state index contributed by atoms with van der Waals surface area (Å²) >= 11 is 0. The van der Waals surface area contributed by atoms with Crippen molar-refractivity contribution < 1.29 is 31.4 Å². The monoisotopic (exact) mass is 233 g/mol. The van der Waals surface area contributed by atoms with Gasteiger partial charge in [0.1, 0.15) is 0 Å². The zero-order valence-electron chi connectivity index (χ0n) is 6.95. The fourth-order valence-corrected chi connectivity index (χ4v) is 1.02. The zero-order chi connectivity index (χ0) is 11.9. The van der Waals surface area contributed by atoms with Crippen LogP contribution in [0.4, 0.5) is 26.3 Å². The minimum atomic E-state index is -5.84. The standard InChI is InChI=1S/C7H5F6NO/c8-6(9,10)5(15,7(11,12)13)4-2-1-3-14-4/h1-3,14-15H. The van der Waals surface area contributed by atoms with Crippen LogP contribution in [0.1, 0.15) is 5.69 Å². The summed E-state index contributed by atoms with van der Waals surface area (Å²) in [6, 6.07) is 1.44. The quantitative estimate of drug-likeness (QED) is 0.717. The maximum atomic E-state index is 12.2. The number of H-pyrrole nitrogens is 1. The fraction of sp³-hybridized carbons (Fsp3) is 0.429. The highest BCUT2D eigenvalue weighted by Gasteiger charge is 2.72. The van der Waals surface area contributed by atoms with E-state index in [2.05, 4.69) is 0 Å². The van der Waals surface area contributed by atoms with E-state index in [9.17, 15) is 26.3 Å². The van der Waals surface area contributed by atoms with Crippen LogP contribution in [0.2, 0.25) is 0 Å². The second kappa shape index (κ2) is 3.16. The Morgan fingerprint density at radius 1 is 1.00 bits per heavy atom. The number of nitrogens with one attached hydrogen (secondary N) is 1. The summed E-state index contributed by atoms with van der Waals surface area (Å²) in [7, 11) is 0. The predicted octanol–water partition coefficient (Wildman–Crippen LogP) is 2.33. The first-order valence-electron chi connectivity index (χ1n) is 3.60. The Bertz CT molecular complexity index is 310. The smallest absolute Gasteiger partial charge is 0.368 e. The molecule has 1 heterocycles. The van der Waals surface area contributed by atoms with E-state index in [1.807, 2.05) is 0 Å². The summed E-state index contributed by atoms with van der Waals surface area (Å²) in [6.45, 7) is 0. The second-order valence-electron chi connectivity index (χ2n) is 2.79. The summed E-state index contributed by atoms with van der Waals surface area (Å²) in [6.07, 6.45) is -10.8. The molecule has 0 atom stereocenters. The molecule has 0 spiro atoms. The molecular formula is C7H5F6NO. The first-order valence-corrected chi connectivity index (χ1v) is 3.60. The third-order valence-corrected chi connectivity index (χ3v) is 1.81. The number of rotatable bonds is 1. The van der Waals surface area contributed by atoms with E-state index in [1.165, 1.54) is 0 Å². The van der Waals surface area contributed by atoms with Gasteiger partial charge in [0, 0.05) is 6.20 Å². The molecule has 86 valence electrons. The van der Waals surface area contributed by atoms with Gasteiger partial charge >= 0.3 is 12.4 Å². The van der Waals surface area contributed by atoms with E-state index >= 15 is 0 Å². The lowest BCUT2D eigenvalue weighted by atomic mass is 9.98. The van der Waals surface area contributed by atoms with Crippen LogP contribution in [0.15, 0.2) is 18.3 Å². The highest BCUT2D eigenvalue weighted by Crippen LogP contribution is 2.49. The topological polar surface area (TPSA) is 36.0 Å². The Hall–Kier alpha value is -1.18. The van der Waals surface area contributed by atoms with Gasteiger partial charge in [-0.3, -0.25) is 0 Å². The zero-order valence-corrected chi connectivity index (χ0v) is 6.95. The molecule has 15 heavy (non-hydrogen) atoms. The minimum Gasteiger partial charge on any atom is -0.368 e. The normalized spacial score (nSPS) is 14.3. The molecule has 0 unspecified atom stereocenters. The number of halogens is 6. The Morgan fingerprint density at radius 2 is 1.47 bits per heavy atom. The molecular weight excluding hydrogens is 228 g/mol. The van der Waals surface area contributed by atoms with Crippen molar-refractivity contribution in [2.45, 2.75) is 18.0 Å². The summed E-state index contributed by atoms with van der Waals surface area (Å²) in [4.78, 5) is 1.70. The van der Waals surface area contributed by atoms with Crippen LogP contribution in [0.25, 0.3) is 0 Å². The van der Waals surface area contributed by atoms with Gasteiger partial charge in [-0.05, 0) is 12.1 Å². The largest absolute Gasteiger partial charge is 0.432 e. The molecule has 2 N–H and O–H groups in total. The molecule has 0 saturated heterocycles. The van der Waals surface area contributed by atoms with E-state index in [1.54, 1.807) is 4.98 Å². The second-order valence-corrected chi connectivity index (χ2v) is 2.79. The molecule has 0 aromatic carbocycles. The van der Waals surface area contributed by atoms with Gasteiger partial charge in [0.2, 0.25) is 0 Å². The fourth-order valence-electron chi connectivity index (χ4n) is 1.02. The van der Waals surface area contributed by atoms with E-state index < -0.39 is 23.6 Å². The molecule has 0 aliphatic carbocycles. The molecule has 1 aromatic rings. The van der Waals surface area contributed by atoms with E-state index in [4.69, 9.17) is 5.11 Å². The lowest BCUT2D eigenvalue weighted by Gasteiger charge is -2.31. The van der Waals surface area contributed by atoms with Crippen LogP contribution in [0, 0.1) is 0 Å². The first kappa shape index (κ1) is 11.9. The van der Waals surface area contributed by atoms with Crippen molar-refractivity contribution >= 4 is 0 Å². The van der Waals surface area contributed by atoms with Gasteiger partial charge in [-0.15, -0.1) is 0 Å². The molecule has 8 heteroatoms. The van der Waals surface area contributed by atoms with Crippen molar-refractivity contribution in [1.29, 1.82) is 0 Å². The van der Waals surface area contributed by atoms with Crippen molar-refractivity contribution in [3.8, 4) is 0 Å². The number of hydrogen-bond donors (Lipinski definition) is 2. The highest BCUT2D eigenvalue weighted by molar-refractivity contribution is 5.18. The maximum Gasteiger partial charge on any atom is 0.432 e. The van der Waals surface area contributed by atoms with E-state index in [0.717, 1.165) is 12.3 Å². The molecule has 0 aliphatic rings. The van der Waals surface area contributed by atoms with Gasteiger partial charge in [0.25, 0.3) is 5.60 Å². The molecule has 2 nitrogen and oxygen atoms in total. The van der Waals surface area contributed by atoms with Crippen molar-refractivity contribution in [1.82, 2.24) is 4.98 Å². The molecule has 0 radical (unpaired) electrons. The Kier molecular flexibility index (Phi) is 2.50. The number of aliphatic hydroxyl groups is 1. The number of alkyl halides is 6.